The maximum atomic E-state index is 17.2. The van der Waals surface area contributed by atoms with Gasteiger partial charge in [-0.2, -0.15) is 0 Å². The number of aliphatic hydroxyl groups excluding tert-OH is 2. The van der Waals surface area contributed by atoms with Gasteiger partial charge in [0.15, 0.2) is 17.2 Å². The smallest absolute Gasteiger partial charge is 0.192 e. The summed E-state index contributed by atoms with van der Waals surface area (Å²) in [5.41, 5.74) is -4.67. The van der Waals surface area contributed by atoms with Gasteiger partial charge in [-0.05, 0) is 51.0 Å². The molecule has 4 aliphatic rings. The van der Waals surface area contributed by atoms with Crippen LogP contribution in [0, 0.1) is 22.7 Å². The molecule has 0 heterocycles. The molecule has 3 fully saturated rings. The molecule has 0 aromatic rings. The van der Waals surface area contributed by atoms with E-state index in [4.69, 9.17) is 4.74 Å². The lowest BCUT2D eigenvalue weighted by Gasteiger charge is -2.63. The molecule has 0 spiro atoms. The van der Waals surface area contributed by atoms with E-state index >= 15 is 4.39 Å². The molecule has 7 heteroatoms. The average Bonchev–Trinajstić information content (AvgIpc) is 2.95. The zero-order chi connectivity index (χ0) is 23.7. The van der Waals surface area contributed by atoms with Crippen molar-refractivity contribution in [1.82, 2.24) is 0 Å². The number of hydrogen-bond acceptors (Lipinski definition) is 6. The fourth-order valence-electron chi connectivity index (χ4n) is 7.61. The number of halogens is 1. The Kier molecular flexibility index (Phi) is 5.60. The van der Waals surface area contributed by atoms with E-state index in [1.54, 1.807) is 26.8 Å². The predicted molar refractivity (Wildman–Crippen MR) is 115 cm³/mol. The second kappa shape index (κ2) is 7.55. The first kappa shape index (κ1) is 23.7. The van der Waals surface area contributed by atoms with Crippen molar-refractivity contribution >= 4 is 11.6 Å². The van der Waals surface area contributed by atoms with Gasteiger partial charge in [0.1, 0.15) is 12.3 Å². The van der Waals surface area contributed by atoms with Crippen molar-refractivity contribution < 1.29 is 34.0 Å². The van der Waals surface area contributed by atoms with Crippen LogP contribution in [0.4, 0.5) is 4.39 Å². The highest BCUT2D eigenvalue weighted by Crippen LogP contribution is 2.70. The van der Waals surface area contributed by atoms with Crippen molar-refractivity contribution in [2.24, 2.45) is 22.7 Å². The van der Waals surface area contributed by atoms with Gasteiger partial charge >= 0.3 is 0 Å². The van der Waals surface area contributed by atoms with Gasteiger partial charge in [0.05, 0.1) is 18.8 Å². The lowest BCUT2D eigenvalue weighted by Crippen LogP contribution is -2.70. The van der Waals surface area contributed by atoms with Crippen molar-refractivity contribution in [2.45, 2.75) is 82.8 Å². The number of alkyl halides is 1. The van der Waals surface area contributed by atoms with Crippen LogP contribution in [-0.2, 0) is 14.3 Å². The maximum Gasteiger partial charge on any atom is 0.192 e. The molecule has 2 unspecified atom stereocenters. The van der Waals surface area contributed by atoms with Crippen molar-refractivity contribution in [3.63, 3.8) is 0 Å². The topological polar surface area (TPSA) is 104 Å². The average molecular weight is 451 g/mol. The molecule has 178 valence electrons. The molecule has 0 radical (unpaired) electrons. The van der Waals surface area contributed by atoms with E-state index in [0.717, 1.165) is 11.1 Å². The Bertz CT molecular complexity index is 884. The highest BCUT2D eigenvalue weighted by molar-refractivity contribution is 5.92. The van der Waals surface area contributed by atoms with Crippen LogP contribution < -0.4 is 0 Å². The lowest BCUT2D eigenvalue weighted by atomic mass is 9.44. The third-order valence-electron chi connectivity index (χ3n) is 9.34. The summed E-state index contributed by atoms with van der Waals surface area (Å²) >= 11 is 0. The number of fused-ring (bicyclic) bond motifs is 5. The molecular formula is C25H35FO6. The van der Waals surface area contributed by atoms with E-state index < -0.39 is 58.5 Å². The van der Waals surface area contributed by atoms with Gasteiger partial charge in [0.25, 0.3) is 0 Å². The van der Waals surface area contributed by atoms with Gasteiger partial charge in [-0.1, -0.05) is 31.6 Å². The summed E-state index contributed by atoms with van der Waals surface area (Å²) in [6.45, 7) is 8.38. The van der Waals surface area contributed by atoms with E-state index in [9.17, 15) is 24.9 Å². The van der Waals surface area contributed by atoms with E-state index in [1.807, 2.05) is 0 Å². The first-order valence-corrected chi connectivity index (χ1v) is 11.6. The number of carbonyl (C=O) groups excluding carboxylic acids is 2. The van der Waals surface area contributed by atoms with Crippen molar-refractivity contribution in [2.75, 3.05) is 13.2 Å². The molecule has 4 aliphatic carbocycles. The first-order chi connectivity index (χ1) is 14.9. The standard InChI is InChI=1S/C25H35FO6/c1-14(2)13-32-21-10-18-17-6-5-15-9-16(28)7-8-22(15,3)24(17,26)19(29)11-23(18,4)25(21,31)20(30)12-27/h9,17-19,21,27,29,31H,1,5-8,10-13H2,2-4H3/t17-,18-,19?,21?,22-,23-,24-,25+/m0/s1. The molecule has 0 aromatic carbocycles. The van der Waals surface area contributed by atoms with Crippen LogP contribution in [0.25, 0.3) is 0 Å². The normalized spacial score (nSPS) is 47.8. The van der Waals surface area contributed by atoms with Gasteiger partial charge in [-0.15, -0.1) is 0 Å². The number of aliphatic hydroxyl groups is 3. The van der Waals surface area contributed by atoms with Crippen molar-refractivity contribution in [3.8, 4) is 0 Å². The third kappa shape index (κ3) is 2.84. The van der Waals surface area contributed by atoms with Gasteiger partial charge in [-0.3, -0.25) is 9.59 Å². The number of ketones is 2. The summed E-state index contributed by atoms with van der Waals surface area (Å²) in [5, 5.41) is 32.7. The number of ether oxygens (including phenoxy) is 1. The fraction of sp³-hybridized carbons (Fsp3) is 0.760. The molecular weight excluding hydrogens is 415 g/mol. The zero-order valence-electron chi connectivity index (χ0n) is 19.2. The number of Topliss-reactive ketones (excluding diaryl/α,β-unsaturated/α-hetero) is 1. The fourth-order valence-corrected chi connectivity index (χ4v) is 7.61. The van der Waals surface area contributed by atoms with Crippen LogP contribution in [0.2, 0.25) is 0 Å². The Morgan fingerprint density at radius 2 is 2.00 bits per heavy atom. The molecule has 6 nitrogen and oxygen atoms in total. The Morgan fingerprint density at radius 3 is 2.62 bits per heavy atom. The quantitative estimate of drug-likeness (QED) is 0.556. The van der Waals surface area contributed by atoms with E-state index in [0.29, 0.717) is 19.3 Å². The first-order valence-electron chi connectivity index (χ1n) is 11.6. The molecule has 0 aliphatic heterocycles. The number of rotatable bonds is 5. The highest BCUT2D eigenvalue weighted by atomic mass is 19.1. The summed E-state index contributed by atoms with van der Waals surface area (Å²) in [4.78, 5) is 24.9. The Balaban J connectivity index is 1.80. The number of carbonyl (C=O) groups is 2. The molecule has 0 saturated heterocycles. The molecule has 4 rings (SSSR count). The van der Waals surface area contributed by atoms with Crippen LogP contribution in [0.5, 0.6) is 0 Å². The lowest BCUT2D eigenvalue weighted by molar-refractivity contribution is -0.231. The SMILES string of the molecule is C=C(C)COC1C[C@H]2[C@@H]3CCC4=CC(=O)CC[C@]4(C)[C@@]3(F)C(O)C[C@]2(C)[C@@]1(O)C(=O)CO. The Hall–Kier alpha value is -1.41. The summed E-state index contributed by atoms with van der Waals surface area (Å²) in [5.74, 6) is -1.81. The van der Waals surface area contributed by atoms with Gasteiger partial charge in [0, 0.05) is 23.2 Å². The number of allylic oxidation sites excluding steroid dienone is 1. The minimum Gasteiger partial charge on any atom is -0.390 e. The molecule has 0 bridgehead atoms. The summed E-state index contributed by atoms with van der Waals surface area (Å²) in [6, 6.07) is 0. The Labute approximate surface area is 188 Å². The van der Waals surface area contributed by atoms with Crippen LogP contribution >= 0.6 is 0 Å². The maximum absolute atomic E-state index is 17.2. The summed E-state index contributed by atoms with van der Waals surface area (Å²) in [7, 11) is 0. The largest absolute Gasteiger partial charge is 0.390 e. The van der Waals surface area contributed by atoms with Gasteiger partial charge in [-0.25, -0.2) is 4.39 Å². The van der Waals surface area contributed by atoms with Gasteiger partial charge < -0.3 is 20.1 Å². The molecule has 8 atom stereocenters. The van der Waals surface area contributed by atoms with E-state index in [-0.39, 0.29) is 31.7 Å². The van der Waals surface area contributed by atoms with Crippen molar-refractivity contribution in [1.29, 1.82) is 0 Å². The van der Waals surface area contributed by atoms with E-state index in [1.165, 1.54) is 0 Å². The van der Waals surface area contributed by atoms with E-state index in [2.05, 4.69) is 6.58 Å². The third-order valence-corrected chi connectivity index (χ3v) is 9.34. The molecule has 0 aromatic heterocycles. The summed E-state index contributed by atoms with van der Waals surface area (Å²) in [6.07, 6.45) is 0.862. The minimum atomic E-state index is -2.04. The highest BCUT2D eigenvalue weighted by Gasteiger charge is 2.76. The predicted octanol–water partition coefficient (Wildman–Crippen LogP) is 2.44. The molecule has 0 amide bonds. The molecule has 3 saturated carbocycles. The zero-order valence-corrected chi connectivity index (χ0v) is 19.2. The van der Waals surface area contributed by atoms with Crippen LogP contribution in [-0.4, -0.2) is 63.6 Å². The minimum absolute atomic E-state index is 0.00768. The second-order valence-corrected chi connectivity index (χ2v) is 11.0. The van der Waals surface area contributed by atoms with Crippen LogP contribution in [0.15, 0.2) is 23.8 Å². The van der Waals surface area contributed by atoms with Crippen LogP contribution in [0.3, 0.4) is 0 Å². The van der Waals surface area contributed by atoms with Gasteiger partial charge in [0.2, 0.25) is 0 Å². The number of hydrogen-bond donors (Lipinski definition) is 3. The Morgan fingerprint density at radius 1 is 1.31 bits per heavy atom. The molecule has 3 N–H and O–H groups in total. The van der Waals surface area contributed by atoms with Crippen LogP contribution in [0.1, 0.15) is 59.3 Å². The summed E-state index contributed by atoms with van der Waals surface area (Å²) < 4.78 is 23.1. The second-order valence-electron chi connectivity index (χ2n) is 11.0. The van der Waals surface area contributed by atoms with Crippen molar-refractivity contribution in [3.05, 3.63) is 23.8 Å². The monoisotopic (exact) mass is 450 g/mol. The molecule has 32 heavy (non-hydrogen) atoms.